The second kappa shape index (κ2) is 16.0. The van der Waals surface area contributed by atoms with Crippen molar-refractivity contribution < 1.29 is 14.2 Å². The van der Waals surface area contributed by atoms with Crippen molar-refractivity contribution in [2.24, 2.45) is 0 Å². The molecule has 1 saturated heterocycles. The van der Waals surface area contributed by atoms with E-state index in [0.29, 0.717) is 20.0 Å². The molecular weight excluding hydrogens is 673 g/mol. The maximum atomic E-state index is 6.19. The minimum absolute atomic E-state index is 0.707. The van der Waals surface area contributed by atoms with Crippen LogP contribution in [0.4, 0.5) is 34.1 Å². The predicted molar refractivity (Wildman–Crippen MR) is 224 cm³/mol. The summed E-state index contributed by atoms with van der Waals surface area (Å²) in [6.45, 7) is 2.12. The molecule has 0 atom stereocenters. The molecule has 1 aliphatic rings. The Balaban J connectivity index is 1.09. The number of nitrogens with zero attached hydrogens (tertiary/aromatic N) is 6. The van der Waals surface area contributed by atoms with Gasteiger partial charge in [-0.1, -0.05) is 0 Å². The highest BCUT2D eigenvalue weighted by molar-refractivity contribution is 5.61. The van der Waals surface area contributed by atoms with Gasteiger partial charge in [0.25, 0.3) is 0 Å². The molecule has 0 spiro atoms. The van der Waals surface area contributed by atoms with Crippen LogP contribution in [0.15, 0.2) is 146 Å². The Hall–Kier alpha value is -6.48. The van der Waals surface area contributed by atoms with Crippen molar-refractivity contribution in [3.8, 4) is 34.5 Å². The molecule has 0 unspecified atom stereocenters. The Kier molecular flexibility index (Phi) is 10.7. The SMILES string of the molecule is CN(C)c1ccc(Oc2ccc(N3CN(c4ccc(Oc5ccc(N(C)C)cc5)cc4)CN(c4ccc(Oc5ccc(N(C)C)cc5)cc4)C3)cc2)cc1. The number of benzene rings is 6. The average Bonchev–Trinajstić information content (AvgIpc) is 3.19. The molecule has 0 amide bonds. The Labute approximate surface area is 319 Å². The van der Waals surface area contributed by atoms with Crippen LogP contribution in [0.1, 0.15) is 0 Å². The Morgan fingerprint density at radius 1 is 0.296 bits per heavy atom. The molecule has 1 fully saturated rings. The average molecular weight is 721 g/mol. The predicted octanol–water partition coefficient (Wildman–Crippen LogP) is 9.97. The third kappa shape index (κ3) is 8.75. The van der Waals surface area contributed by atoms with Crippen molar-refractivity contribution in [1.29, 1.82) is 0 Å². The molecule has 6 aromatic rings. The van der Waals surface area contributed by atoms with Gasteiger partial charge >= 0.3 is 0 Å². The van der Waals surface area contributed by atoms with Gasteiger partial charge in [-0.25, -0.2) is 0 Å². The lowest BCUT2D eigenvalue weighted by atomic mass is 10.2. The number of anilines is 6. The lowest BCUT2D eigenvalue weighted by Crippen LogP contribution is -2.55. The smallest absolute Gasteiger partial charge is 0.127 e. The summed E-state index contributed by atoms with van der Waals surface area (Å²) in [5.74, 6) is 4.79. The highest BCUT2D eigenvalue weighted by Gasteiger charge is 2.25. The van der Waals surface area contributed by atoms with E-state index in [1.807, 2.05) is 115 Å². The van der Waals surface area contributed by atoms with E-state index in [9.17, 15) is 0 Å². The van der Waals surface area contributed by atoms with Crippen LogP contribution >= 0.6 is 0 Å². The molecule has 0 bridgehead atoms. The first kappa shape index (κ1) is 35.9. The Bertz CT molecular complexity index is 1830. The number of ether oxygens (including phenoxy) is 3. The topological polar surface area (TPSA) is 47.1 Å². The van der Waals surface area contributed by atoms with Crippen molar-refractivity contribution in [2.75, 3.05) is 91.7 Å². The third-order valence-electron chi connectivity index (χ3n) is 9.40. The molecule has 0 saturated carbocycles. The molecule has 0 aliphatic carbocycles. The van der Waals surface area contributed by atoms with Gasteiger partial charge in [-0.3, -0.25) is 0 Å². The molecule has 9 nitrogen and oxygen atoms in total. The zero-order chi connectivity index (χ0) is 37.6. The molecule has 9 heteroatoms. The molecular formula is C45H48N6O3. The van der Waals surface area contributed by atoms with Crippen LogP contribution in [0, 0.1) is 0 Å². The van der Waals surface area contributed by atoms with Gasteiger partial charge in [-0.15, -0.1) is 0 Å². The number of hydrogen-bond acceptors (Lipinski definition) is 9. The summed E-state index contributed by atoms with van der Waals surface area (Å²) in [6, 6.07) is 49.3. The van der Waals surface area contributed by atoms with E-state index in [4.69, 9.17) is 14.2 Å². The van der Waals surface area contributed by atoms with Crippen LogP contribution in [0.3, 0.4) is 0 Å². The van der Waals surface area contributed by atoms with Crippen molar-refractivity contribution in [3.63, 3.8) is 0 Å². The maximum absolute atomic E-state index is 6.19. The molecule has 1 aliphatic heterocycles. The molecule has 276 valence electrons. The van der Waals surface area contributed by atoms with Crippen molar-refractivity contribution in [1.82, 2.24) is 0 Å². The lowest BCUT2D eigenvalue weighted by molar-refractivity contribution is 0.482. The van der Waals surface area contributed by atoms with E-state index >= 15 is 0 Å². The second-order valence-electron chi connectivity index (χ2n) is 14.0. The minimum atomic E-state index is 0.707. The first-order valence-electron chi connectivity index (χ1n) is 18.1. The van der Waals surface area contributed by atoms with Gasteiger partial charge in [-0.2, -0.15) is 0 Å². The number of rotatable bonds is 12. The largest absolute Gasteiger partial charge is 0.457 e. The van der Waals surface area contributed by atoms with E-state index in [2.05, 4.69) is 102 Å². The summed E-state index contributed by atoms with van der Waals surface area (Å²) in [7, 11) is 12.2. The summed E-state index contributed by atoms with van der Waals surface area (Å²) in [6.07, 6.45) is 0. The standard InChI is InChI=1S/C45H48N6O3/c1-46(2)34-7-19-40(20-8-34)52-43-25-13-37(14-26-43)49-31-50(38-15-27-44(28-16-38)53-41-21-9-35(10-22-41)47(3)4)33-51(32-49)39-17-29-45(30-18-39)54-42-23-11-36(12-24-42)48(5)6/h7-30H,31-33H2,1-6H3. The van der Waals surface area contributed by atoms with Crippen LogP contribution in [0.25, 0.3) is 0 Å². The van der Waals surface area contributed by atoms with Crippen molar-refractivity contribution in [3.05, 3.63) is 146 Å². The van der Waals surface area contributed by atoms with Crippen molar-refractivity contribution in [2.45, 2.75) is 0 Å². The highest BCUT2D eigenvalue weighted by Crippen LogP contribution is 2.33. The van der Waals surface area contributed by atoms with Crippen molar-refractivity contribution >= 4 is 34.1 Å². The first-order valence-corrected chi connectivity index (χ1v) is 18.1. The van der Waals surface area contributed by atoms with Gasteiger partial charge in [-0.05, 0) is 146 Å². The Morgan fingerprint density at radius 2 is 0.481 bits per heavy atom. The Morgan fingerprint density at radius 3 is 0.667 bits per heavy atom. The van der Waals surface area contributed by atoms with Crippen LogP contribution < -0.4 is 43.6 Å². The summed E-state index contributed by atoms with van der Waals surface area (Å²) in [5, 5.41) is 0. The molecule has 0 aromatic heterocycles. The lowest BCUT2D eigenvalue weighted by Gasteiger charge is -2.45. The monoisotopic (exact) mass is 720 g/mol. The van der Waals surface area contributed by atoms with Gasteiger partial charge in [0, 0.05) is 76.4 Å². The fourth-order valence-electron chi connectivity index (χ4n) is 6.26. The summed E-state index contributed by atoms with van der Waals surface area (Å²) in [5.41, 5.74) is 6.69. The molecule has 7 rings (SSSR count). The minimum Gasteiger partial charge on any atom is -0.457 e. The van der Waals surface area contributed by atoms with E-state index in [1.54, 1.807) is 0 Å². The van der Waals surface area contributed by atoms with Gasteiger partial charge in [0.2, 0.25) is 0 Å². The van der Waals surface area contributed by atoms with Gasteiger partial charge in [0.15, 0.2) is 0 Å². The van der Waals surface area contributed by atoms with Crippen LogP contribution in [-0.2, 0) is 0 Å². The molecule has 6 aromatic carbocycles. The summed E-state index contributed by atoms with van der Waals surface area (Å²) >= 11 is 0. The summed E-state index contributed by atoms with van der Waals surface area (Å²) < 4.78 is 18.6. The molecule has 0 radical (unpaired) electrons. The van der Waals surface area contributed by atoms with Gasteiger partial charge in [0.05, 0.1) is 20.0 Å². The van der Waals surface area contributed by atoms with E-state index in [0.717, 1.165) is 68.6 Å². The molecule has 1 heterocycles. The van der Waals surface area contributed by atoms with Crippen LogP contribution in [0.5, 0.6) is 34.5 Å². The van der Waals surface area contributed by atoms with E-state index in [-0.39, 0.29) is 0 Å². The summed E-state index contributed by atoms with van der Waals surface area (Å²) in [4.78, 5) is 13.3. The quantitative estimate of drug-likeness (QED) is 0.123. The maximum Gasteiger partial charge on any atom is 0.127 e. The number of hydrogen-bond donors (Lipinski definition) is 0. The van der Waals surface area contributed by atoms with Crippen LogP contribution in [0.2, 0.25) is 0 Å². The van der Waals surface area contributed by atoms with E-state index < -0.39 is 0 Å². The zero-order valence-corrected chi connectivity index (χ0v) is 31.9. The van der Waals surface area contributed by atoms with Crippen LogP contribution in [-0.4, -0.2) is 62.3 Å². The van der Waals surface area contributed by atoms with E-state index in [1.165, 1.54) is 0 Å². The normalized spacial score (nSPS) is 12.7. The third-order valence-corrected chi connectivity index (χ3v) is 9.40. The zero-order valence-electron chi connectivity index (χ0n) is 31.9. The fraction of sp³-hybridized carbons (Fsp3) is 0.200. The highest BCUT2D eigenvalue weighted by atomic mass is 16.5. The van der Waals surface area contributed by atoms with Gasteiger partial charge < -0.3 is 43.6 Å². The second-order valence-corrected chi connectivity index (χ2v) is 14.0. The van der Waals surface area contributed by atoms with Gasteiger partial charge in [0.1, 0.15) is 34.5 Å². The molecule has 0 N–H and O–H groups in total. The first-order chi connectivity index (χ1) is 26.2. The molecule has 54 heavy (non-hydrogen) atoms. The fourth-order valence-corrected chi connectivity index (χ4v) is 6.26.